The molecule has 1 aromatic heterocycles. The standard InChI is InChI=1S/C15H13ClN2O/c1-19-12-6-7-13-14(9-12)18-15(17-13)8-10-2-4-11(16)5-3-10/h2-7,9H,8H2,1H3,(H,17,18). The van der Waals surface area contributed by atoms with Crippen LogP contribution in [0.5, 0.6) is 5.75 Å². The number of halogens is 1. The number of aromatic amines is 1. The highest BCUT2D eigenvalue weighted by Gasteiger charge is 2.05. The van der Waals surface area contributed by atoms with Gasteiger partial charge >= 0.3 is 0 Å². The zero-order valence-electron chi connectivity index (χ0n) is 10.5. The Balaban J connectivity index is 1.90. The molecule has 0 amide bonds. The lowest BCUT2D eigenvalue weighted by Gasteiger charge is -1.98. The number of benzene rings is 2. The second kappa shape index (κ2) is 4.94. The predicted octanol–water partition coefficient (Wildman–Crippen LogP) is 3.82. The zero-order chi connectivity index (χ0) is 13.2. The van der Waals surface area contributed by atoms with E-state index < -0.39 is 0 Å². The molecule has 1 N–H and O–H groups in total. The third kappa shape index (κ3) is 2.56. The molecule has 0 spiro atoms. The molecule has 0 fully saturated rings. The molecule has 3 nitrogen and oxygen atoms in total. The molecule has 0 saturated heterocycles. The van der Waals surface area contributed by atoms with Crippen LogP contribution >= 0.6 is 11.6 Å². The van der Waals surface area contributed by atoms with Crippen molar-refractivity contribution in [2.45, 2.75) is 6.42 Å². The maximum absolute atomic E-state index is 5.87. The van der Waals surface area contributed by atoms with E-state index >= 15 is 0 Å². The maximum Gasteiger partial charge on any atom is 0.121 e. The lowest BCUT2D eigenvalue weighted by Crippen LogP contribution is -1.89. The fourth-order valence-electron chi connectivity index (χ4n) is 2.05. The van der Waals surface area contributed by atoms with Gasteiger partial charge in [0, 0.05) is 17.5 Å². The SMILES string of the molecule is COc1ccc2nc(Cc3ccc(Cl)cc3)[nH]c2c1. The summed E-state index contributed by atoms with van der Waals surface area (Å²) in [6.45, 7) is 0. The van der Waals surface area contributed by atoms with Crippen molar-refractivity contribution >= 4 is 22.6 Å². The van der Waals surface area contributed by atoms with Gasteiger partial charge in [0.25, 0.3) is 0 Å². The molecule has 0 unspecified atom stereocenters. The fraction of sp³-hybridized carbons (Fsp3) is 0.133. The Bertz CT molecular complexity index is 704. The molecule has 96 valence electrons. The van der Waals surface area contributed by atoms with Gasteiger partial charge in [-0.25, -0.2) is 4.98 Å². The van der Waals surface area contributed by atoms with Gasteiger partial charge in [-0.2, -0.15) is 0 Å². The number of imidazole rings is 1. The summed E-state index contributed by atoms with van der Waals surface area (Å²) in [7, 11) is 1.66. The van der Waals surface area contributed by atoms with Crippen LogP contribution in [0.4, 0.5) is 0 Å². The first-order valence-corrected chi connectivity index (χ1v) is 6.39. The van der Waals surface area contributed by atoms with Crippen LogP contribution in [0, 0.1) is 0 Å². The van der Waals surface area contributed by atoms with Crippen molar-refractivity contribution < 1.29 is 4.74 Å². The number of fused-ring (bicyclic) bond motifs is 1. The van der Waals surface area contributed by atoms with Crippen LogP contribution in [0.1, 0.15) is 11.4 Å². The molecule has 0 bridgehead atoms. The van der Waals surface area contributed by atoms with E-state index in [0.29, 0.717) is 0 Å². The predicted molar refractivity (Wildman–Crippen MR) is 76.9 cm³/mol. The Morgan fingerprint density at radius 2 is 1.95 bits per heavy atom. The average molecular weight is 273 g/mol. The van der Waals surface area contributed by atoms with Crippen molar-refractivity contribution in [3.63, 3.8) is 0 Å². The molecule has 0 aliphatic heterocycles. The molecule has 19 heavy (non-hydrogen) atoms. The van der Waals surface area contributed by atoms with Crippen molar-refractivity contribution in [3.8, 4) is 5.75 Å². The van der Waals surface area contributed by atoms with Crippen LogP contribution in [-0.2, 0) is 6.42 Å². The monoisotopic (exact) mass is 272 g/mol. The molecule has 0 radical (unpaired) electrons. The Kier molecular flexibility index (Phi) is 3.13. The summed E-state index contributed by atoms with van der Waals surface area (Å²) in [5.74, 6) is 1.76. The van der Waals surface area contributed by atoms with Crippen molar-refractivity contribution in [2.75, 3.05) is 7.11 Å². The second-order valence-electron chi connectivity index (χ2n) is 4.37. The number of H-pyrrole nitrogens is 1. The lowest BCUT2D eigenvalue weighted by atomic mass is 10.1. The number of methoxy groups -OCH3 is 1. The van der Waals surface area contributed by atoms with E-state index in [-0.39, 0.29) is 0 Å². The van der Waals surface area contributed by atoms with Gasteiger partial charge in [0.1, 0.15) is 11.6 Å². The largest absolute Gasteiger partial charge is 0.497 e. The van der Waals surface area contributed by atoms with Gasteiger partial charge in [-0.15, -0.1) is 0 Å². The van der Waals surface area contributed by atoms with Crippen LogP contribution in [-0.4, -0.2) is 17.1 Å². The van der Waals surface area contributed by atoms with Gasteiger partial charge in [-0.05, 0) is 29.8 Å². The van der Waals surface area contributed by atoms with Gasteiger partial charge in [-0.3, -0.25) is 0 Å². The molecule has 0 aliphatic rings. The van der Waals surface area contributed by atoms with E-state index in [1.165, 1.54) is 5.56 Å². The minimum atomic E-state index is 0.748. The Hall–Kier alpha value is -2.00. The highest BCUT2D eigenvalue weighted by molar-refractivity contribution is 6.30. The second-order valence-corrected chi connectivity index (χ2v) is 4.81. The summed E-state index contributed by atoms with van der Waals surface area (Å²) in [6.07, 6.45) is 0.758. The first-order valence-electron chi connectivity index (χ1n) is 6.02. The quantitative estimate of drug-likeness (QED) is 0.787. The molecule has 0 saturated carbocycles. The van der Waals surface area contributed by atoms with Crippen molar-refractivity contribution in [1.82, 2.24) is 9.97 Å². The molecular formula is C15H13ClN2O. The normalized spacial score (nSPS) is 10.8. The summed E-state index contributed by atoms with van der Waals surface area (Å²) in [5.41, 5.74) is 3.11. The van der Waals surface area contributed by atoms with Gasteiger partial charge in [0.2, 0.25) is 0 Å². The third-order valence-electron chi connectivity index (χ3n) is 3.02. The number of nitrogens with one attached hydrogen (secondary N) is 1. The van der Waals surface area contributed by atoms with Crippen molar-refractivity contribution in [1.29, 1.82) is 0 Å². The van der Waals surface area contributed by atoms with E-state index in [2.05, 4.69) is 9.97 Å². The van der Waals surface area contributed by atoms with Crippen molar-refractivity contribution in [3.05, 3.63) is 58.9 Å². The molecule has 1 heterocycles. The van der Waals surface area contributed by atoms with Gasteiger partial charge in [0.15, 0.2) is 0 Å². The average Bonchev–Trinajstić information content (AvgIpc) is 2.82. The van der Waals surface area contributed by atoms with E-state index in [1.807, 2.05) is 42.5 Å². The molecule has 4 heteroatoms. The summed E-state index contributed by atoms with van der Waals surface area (Å²) in [5, 5.41) is 0.748. The zero-order valence-corrected chi connectivity index (χ0v) is 11.2. The number of hydrogen-bond donors (Lipinski definition) is 1. The Labute approximate surface area is 116 Å². The Morgan fingerprint density at radius 3 is 2.68 bits per heavy atom. The molecule has 0 atom stereocenters. The minimum Gasteiger partial charge on any atom is -0.497 e. The number of ether oxygens (including phenoxy) is 1. The number of rotatable bonds is 3. The fourth-order valence-corrected chi connectivity index (χ4v) is 2.17. The summed E-state index contributed by atoms with van der Waals surface area (Å²) >= 11 is 5.87. The van der Waals surface area contributed by atoms with Crippen molar-refractivity contribution in [2.24, 2.45) is 0 Å². The van der Waals surface area contributed by atoms with Crippen LogP contribution in [0.2, 0.25) is 5.02 Å². The summed E-state index contributed by atoms with van der Waals surface area (Å²) in [6, 6.07) is 13.6. The molecule has 3 aromatic rings. The van der Waals surface area contributed by atoms with E-state index in [9.17, 15) is 0 Å². The minimum absolute atomic E-state index is 0.748. The molecule has 0 aliphatic carbocycles. The smallest absolute Gasteiger partial charge is 0.121 e. The van der Waals surface area contributed by atoms with Gasteiger partial charge in [0.05, 0.1) is 18.1 Å². The number of nitrogens with zero attached hydrogens (tertiary/aromatic N) is 1. The molecule has 3 rings (SSSR count). The summed E-state index contributed by atoms with van der Waals surface area (Å²) in [4.78, 5) is 7.87. The molecule has 2 aromatic carbocycles. The summed E-state index contributed by atoms with van der Waals surface area (Å²) < 4.78 is 5.20. The van der Waals surface area contributed by atoms with Crippen LogP contribution in [0.3, 0.4) is 0 Å². The van der Waals surface area contributed by atoms with E-state index in [1.54, 1.807) is 7.11 Å². The number of aromatic nitrogens is 2. The first kappa shape index (κ1) is 12.1. The lowest BCUT2D eigenvalue weighted by molar-refractivity contribution is 0.415. The third-order valence-corrected chi connectivity index (χ3v) is 3.27. The van der Waals surface area contributed by atoms with E-state index in [0.717, 1.165) is 34.1 Å². The van der Waals surface area contributed by atoms with Crippen LogP contribution in [0.25, 0.3) is 11.0 Å². The van der Waals surface area contributed by atoms with Crippen LogP contribution < -0.4 is 4.74 Å². The maximum atomic E-state index is 5.87. The van der Waals surface area contributed by atoms with Gasteiger partial charge < -0.3 is 9.72 Å². The number of hydrogen-bond acceptors (Lipinski definition) is 2. The first-order chi connectivity index (χ1) is 9.24. The van der Waals surface area contributed by atoms with Crippen LogP contribution in [0.15, 0.2) is 42.5 Å². The van der Waals surface area contributed by atoms with Gasteiger partial charge in [-0.1, -0.05) is 23.7 Å². The Morgan fingerprint density at radius 1 is 1.16 bits per heavy atom. The van der Waals surface area contributed by atoms with E-state index in [4.69, 9.17) is 16.3 Å². The highest BCUT2D eigenvalue weighted by Crippen LogP contribution is 2.20. The molecular weight excluding hydrogens is 260 g/mol. The topological polar surface area (TPSA) is 37.9 Å². The highest BCUT2D eigenvalue weighted by atomic mass is 35.5.